The summed E-state index contributed by atoms with van der Waals surface area (Å²) in [5.41, 5.74) is 2.12. The van der Waals surface area contributed by atoms with Gasteiger partial charge < -0.3 is 4.90 Å². The maximum absolute atomic E-state index is 13.8. The molecule has 4 rings (SSSR count). The van der Waals surface area contributed by atoms with Crippen molar-refractivity contribution in [3.8, 4) is 0 Å². The fraction of sp³-hybridized carbons (Fsp3) is 0.214. The summed E-state index contributed by atoms with van der Waals surface area (Å²) in [7, 11) is 0. The van der Waals surface area contributed by atoms with Gasteiger partial charge in [-0.2, -0.15) is 0 Å². The van der Waals surface area contributed by atoms with E-state index in [9.17, 15) is 4.39 Å². The van der Waals surface area contributed by atoms with Gasteiger partial charge >= 0.3 is 0 Å². The monoisotopic (exact) mass is 290 g/mol. The minimum atomic E-state index is -0.167. The van der Waals surface area contributed by atoms with Crippen molar-refractivity contribution in [3.63, 3.8) is 0 Å². The van der Waals surface area contributed by atoms with Crippen LogP contribution in [0.1, 0.15) is 12.5 Å². The first-order valence-electron chi connectivity index (χ1n) is 6.12. The number of nitrogens with zero attached hydrogens (tertiary/aromatic N) is 2. The van der Waals surface area contributed by atoms with Crippen LogP contribution < -0.4 is 0 Å². The molecule has 0 bridgehead atoms. The largest absolute Gasteiger partial charge is 0.318 e. The molecule has 19 heavy (non-hydrogen) atoms. The molecule has 0 spiro atoms. The Morgan fingerprint density at radius 2 is 2.26 bits per heavy atom. The number of hydrogen-bond donors (Lipinski definition) is 0. The van der Waals surface area contributed by atoms with Crippen LogP contribution in [0.3, 0.4) is 0 Å². The predicted molar refractivity (Wildman–Crippen MR) is 81.0 cm³/mol. The van der Waals surface area contributed by atoms with E-state index in [0.717, 1.165) is 39.6 Å². The number of hydrogen-bond acceptors (Lipinski definition) is 4. The number of fused-ring (bicyclic) bond motifs is 2. The second-order valence-electron chi connectivity index (χ2n) is 4.61. The Balaban J connectivity index is 1.97. The van der Waals surface area contributed by atoms with Gasteiger partial charge in [0.1, 0.15) is 5.82 Å². The molecular weight excluding hydrogens is 279 g/mol. The molecule has 2 aromatic rings. The van der Waals surface area contributed by atoms with E-state index in [4.69, 9.17) is 0 Å². The molecule has 0 amide bonds. The average molecular weight is 290 g/mol. The minimum Gasteiger partial charge on any atom is -0.318 e. The zero-order chi connectivity index (χ0) is 13.0. The van der Waals surface area contributed by atoms with Gasteiger partial charge in [-0.15, -0.1) is 11.3 Å². The summed E-state index contributed by atoms with van der Waals surface area (Å²) >= 11 is 3.28. The van der Waals surface area contributed by atoms with E-state index in [1.54, 1.807) is 35.2 Å². The van der Waals surface area contributed by atoms with Crippen molar-refractivity contribution in [2.45, 2.75) is 6.92 Å². The molecule has 0 aliphatic carbocycles. The van der Waals surface area contributed by atoms with Gasteiger partial charge in [0, 0.05) is 27.1 Å². The maximum atomic E-state index is 13.8. The summed E-state index contributed by atoms with van der Waals surface area (Å²) in [6.45, 7) is 3.82. The highest BCUT2D eigenvalue weighted by molar-refractivity contribution is 8.17. The van der Waals surface area contributed by atoms with E-state index in [0.29, 0.717) is 0 Å². The molecule has 0 saturated heterocycles. The van der Waals surface area contributed by atoms with Crippen molar-refractivity contribution in [1.29, 1.82) is 0 Å². The lowest BCUT2D eigenvalue weighted by atomic mass is 10.1. The van der Waals surface area contributed by atoms with Crippen LogP contribution in [0.4, 0.5) is 4.39 Å². The Morgan fingerprint density at radius 3 is 3.16 bits per heavy atom. The Bertz CT molecular complexity index is 745. The summed E-state index contributed by atoms with van der Waals surface area (Å²) in [6.07, 6.45) is 0. The summed E-state index contributed by atoms with van der Waals surface area (Å²) in [4.78, 5) is 7.91. The predicted octanol–water partition coefficient (Wildman–Crippen LogP) is 4.15. The summed E-state index contributed by atoms with van der Waals surface area (Å²) in [5, 5.41) is 4.21. The molecule has 0 saturated carbocycles. The zero-order valence-electron chi connectivity index (χ0n) is 10.3. The van der Waals surface area contributed by atoms with Crippen molar-refractivity contribution in [3.05, 3.63) is 39.9 Å². The lowest BCUT2D eigenvalue weighted by Gasteiger charge is -2.18. The second-order valence-corrected chi connectivity index (χ2v) is 6.74. The topological polar surface area (TPSA) is 15.6 Å². The van der Waals surface area contributed by atoms with Gasteiger partial charge in [-0.05, 0) is 30.5 Å². The number of rotatable bonds is 1. The smallest absolute Gasteiger partial charge is 0.168 e. The molecule has 3 heterocycles. The van der Waals surface area contributed by atoms with Crippen LogP contribution in [0.2, 0.25) is 0 Å². The number of thiophene rings is 1. The molecule has 0 atom stereocenters. The Kier molecular flexibility index (Phi) is 2.47. The first-order chi connectivity index (χ1) is 9.24. The third kappa shape index (κ3) is 1.65. The minimum absolute atomic E-state index is 0.167. The van der Waals surface area contributed by atoms with Gasteiger partial charge in [-0.1, -0.05) is 11.8 Å². The quantitative estimate of drug-likeness (QED) is 0.784. The van der Waals surface area contributed by atoms with Gasteiger partial charge in [-0.25, -0.2) is 4.39 Å². The van der Waals surface area contributed by atoms with Gasteiger partial charge in [-0.3, -0.25) is 4.99 Å². The summed E-state index contributed by atoms with van der Waals surface area (Å²) < 4.78 is 14.8. The fourth-order valence-electron chi connectivity index (χ4n) is 2.67. The lowest BCUT2D eigenvalue weighted by molar-refractivity contribution is 0.624. The van der Waals surface area contributed by atoms with Gasteiger partial charge in [0.25, 0.3) is 0 Å². The Morgan fingerprint density at radius 1 is 1.37 bits per heavy atom. The number of halogens is 1. The van der Waals surface area contributed by atoms with Crippen molar-refractivity contribution in [2.24, 2.45) is 4.99 Å². The average Bonchev–Trinajstić information content (AvgIpc) is 3.02. The van der Waals surface area contributed by atoms with E-state index in [1.807, 2.05) is 5.38 Å². The van der Waals surface area contributed by atoms with Gasteiger partial charge in [0.05, 0.1) is 12.2 Å². The van der Waals surface area contributed by atoms with E-state index in [2.05, 4.69) is 22.9 Å². The third-order valence-electron chi connectivity index (χ3n) is 3.44. The first kappa shape index (κ1) is 11.5. The SMILES string of the molecule is CC1=C(c2cc(F)cc3sccc23)N2CCN=C2S1. The lowest BCUT2D eigenvalue weighted by Crippen LogP contribution is -2.20. The van der Waals surface area contributed by atoms with Crippen molar-refractivity contribution >= 4 is 44.0 Å². The summed E-state index contributed by atoms with van der Waals surface area (Å²) in [6, 6.07) is 5.33. The molecule has 96 valence electrons. The van der Waals surface area contributed by atoms with Crippen LogP contribution in [0.15, 0.2) is 33.5 Å². The molecule has 0 radical (unpaired) electrons. The van der Waals surface area contributed by atoms with Crippen molar-refractivity contribution in [2.75, 3.05) is 13.1 Å². The molecular formula is C14H11FN2S2. The molecule has 1 aromatic carbocycles. The first-order valence-corrected chi connectivity index (χ1v) is 7.81. The molecule has 0 fully saturated rings. The van der Waals surface area contributed by atoms with Crippen LogP contribution in [-0.2, 0) is 0 Å². The second kappa shape index (κ2) is 4.08. The number of benzene rings is 1. The molecule has 0 N–H and O–H groups in total. The number of amidine groups is 1. The van der Waals surface area contributed by atoms with E-state index >= 15 is 0 Å². The van der Waals surface area contributed by atoms with E-state index in [-0.39, 0.29) is 5.82 Å². The molecule has 2 aliphatic rings. The maximum Gasteiger partial charge on any atom is 0.168 e. The van der Waals surface area contributed by atoms with E-state index in [1.165, 1.54) is 4.91 Å². The Hall–Kier alpha value is -1.33. The van der Waals surface area contributed by atoms with Crippen LogP contribution in [0.5, 0.6) is 0 Å². The molecule has 1 aromatic heterocycles. The number of allylic oxidation sites excluding steroid dienone is 1. The van der Waals surface area contributed by atoms with Crippen molar-refractivity contribution in [1.82, 2.24) is 4.90 Å². The molecule has 2 nitrogen and oxygen atoms in total. The highest BCUT2D eigenvalue weighted by atomic mass is 32.2. The molecule has 5 heteroatoms. The highest BCUT2D eigenvalue weighted by Gasteiger charge is 2.31. The Labute approximate surface area is 118 Å². The van der Waals surface area contributed by atoms with E-state index < -0.39 is 0 Å². The standard InChI is InChI=1S/C14H11FN2S2/c1-8-13(17-4-3-16-14(17)19-8)11-6-9(15)7-12-10(11)2-5-18-12/h2,5-7H,3-4H2,1H3. The third-order valence-corrected chi connectivity index (χ3v) is 5.34. The van der Waals surface area contributed by atoms with Crippen LogP contribution in [-0.4, -0.2) is 23.2 Å². The highest BCUT2D eigenvalue weighted by Crippen LogP contribution is 2.43. The van der Waals surface area contributed by atoms with Crippen LogP contribution in [0, 0.1) is 5.82 Å². The van der Waals surface area contributed by atoms with Crippen molar-refractivity contribution < 1.29 is 4.39 Å². The van der Waals surface area contributed by atoms with Gasteiger partial charge in [0.15, 0.2) is 5.17 Å². The molecule has 2 aliphatic heterocycles. The van der Waals surface area contributed by atoms with Gasteiger partial charge in [0.2, 0.25) is 0 Å². The normalized spacial score (nSPS) is 18.4. The number of aliphatic imine (C=N–C) groups is 1. The fourth-order valence-corrected chi connectivity index (χ4v) is 4.54. The van der Waals surface area contributed by atoms with Crippen LogP contribution in [0.25, 0.3) is 15.8 Å². The zero-order valence-corrected chi connectivity index (χ0v) is 11.9. The molecule has 0 unspecified atom stereocenters. The number of thioether (sulfide) groups is 1. The van der Waals surface area contributed by atoms with Crippen LogP contribution >= 0.6 is 23.1 Å². The summed E-state index contributed by atoms with van der Waals surface area (Å²) in [5.74, 6) is -0.167.